The lowest BCUT2D eigenvalue weighted by Crippen LogP contribution is -2.27. The summed E-state index contributed by atoms with van der Waals surface area (Å²) in [6.45, 7) is 4.05. The van der Waals surface area contributed by atoms with Crippen LogP contribution in [-0.4, -0.2) is 34.5 Å². The minimum atomic E-state index is -0.182. The van der Waals surface area contributed by atoms with Crippen molar-refractivity contribution in [2.45, 2.75) is 31.2 Å². The van der Waals surface area contributed by atoms with Gasteiger partial charge in [-0.1, -0.05) is 41.1 Å². The van der Waals surface area contributed by atoms with Crippen LogP contribution in [0.3, 0.4) is 0 Å². The van der Waals surface area contributed by atoms with Crippen LogP contribution in [0.4, 0.5) is 5.69 Å². The van der Waals surface area contributed by atoms with E-state index in [0.29, 0.717) is 22.0 Å². The van der Waals surface area contributed by atoms with E-state index in [2.05, 4.69) is 45.4 Å². The maximum Gasteiger partial charge on any atom is 0.254 e. The SMILES string of the molecule is C=C1CCc2cc(-c3cnc(C4C5CC5c5nc(-c6cc(Cl)ccc6-n6cc(Cl)nn6)cc(=O)n54)[nH]3)ccc2N1. The third-order valence-electron chi connectivity index (χ3n) is 8.08. The molecule has 8 rings (SSSR count). The molecule has 3 unspecified atom stereocenters. The Morgan fingerprint density at radius 2 is 1.98 bits per heavy atom. The van der Waals surface area contributed by atoms with Gasteiger partial charge in [0.15, 0.2) is 5.15 Å². The van der Waals surface area contributed by atoms with Gasteiger partial charge in [-0.2, -0.15) is 0 Å². The minimum absolute atomic E-state index is 0.127. The number of rotatable bonds is 4. The van der Waals surface area contributed by atoms with E-state index in [-0.39, 0.29) is 28.6 Å². The van der Waals surface area contributed by atoms with Crippen molar-refractivity contribution < 1.29 is 0 Å². The molecular formula is C29H22Cl2N8O. The Hall–Kier alpha value is -4.21. The minimum Gasteiger partial charge on any atom is -0.359 e. The van der Waals surface area contributed by atoms with Gasteiger partial charge in [-0.15, -0.1) is 5.10 Å². The first-order valence-corrected chi connectivity index (χ1v) is 13.8. The van der Waals surface area contributed by atoms with Gasteiger partial charge in [0.25, 0.3) is 5.56 Å². The molecule has 3 aromatic heterocycles. The van der Waals surface area contributed by atoms with Crippen molar-refractivity contribution in [1.82, 2.24) is 34.5 Å². The molecule has 2 N–H and O–H groups in total. The Kier molecular flexibility index (Phi) is 5.11. The van der Waals surface area contributed by atoms with Crippen molar-refractivity contribution in [3.05, 3.63) is 105 Å². The van der Waals surface area contributed by atoms with Crippen LogP contribution in [-0.2, 0) is 6.42 Å². The van der Waals surface area contributed by atoms with E-state index in [0.717, 1.165) is 53.6 Å². The summed E-state index contributed by atoms with van der Waals surface area (Å²) < 4.78 is 3.35. The van der Waals surface area contributed by atoms with E-state index < -0.39 is 0 Å². The van der Waals surface area contributed by atoms with Gasteiger partial charge in [0.05, 0.1) is 35.5 Å². The first kappa shape index (κ1) is 23.7. The molecule has 0 amide bonds. The molecular weight excluding hydrogens is 547 g/mol. The maximum absolute atomic E-state index is 13.6. The average Bonchev–Trinajstić information content (AvgIpc) is 3.23. The quantitative estimate of drug-likeness (QED) is 0.285. The predicted octanol–water partition coefficient (Wildman–Crippen LogP) is 5.77. The van der Waals surface area contributed by atoms with Gasteiger partial charge < -0.3 is 10.3 Å². The van der Waals surface area contributed by atoms with Crippen molar-refractivity contribution in [1.29, 1.82) is 0 Å². The molecule has 5 aromatic rings. The van der Waals surface area contributed by atoms with Crippen LogP contribution >= 0.6 is 23.2 Å². The van der Waals surface area contributed by atoms with Crippen LogP contribution in [0.5, 0.6) is 0 Å². The number of imidazole rings is 1. The Morgan fingerprint density at radius 1 is 1.07 bits per heavy atom. The normalized spacial score (nSPS) is 20.6. The van der Waals surface area contributed by atoms with Gasteiger partial charge >= 0.3 is 0 Å². The van der Waals surface area contributed by atoms with Gasteiger partial charge in [-0.25, -0.2) is 14.6 Å². The summed E-state index contributed by atoms with van der Waals surface area (Å²) in [7, 11) is 0. The van der Waals surface area contributed by atoms with E-state index in [1.807, 2.05) is 12.3 Å². The number of benzene rings is 2. The van der Waals surface area contributed by atoms with Gasteiger partial charge in [0, 0.05) is 34.0 Å². The molecule has 40 heavy (non-hydrogen) atoms. The first-order valence-electron chi connectivity index (χ1n) is 13.1. The third-order valence-corrected chi connectivity index (χ3v) is 8.49. The molecule has 3 aliphatic rings. The van der Waals surface area contributed by atoms with E-state index in [1.54, 1.807) is 33.6 Å². The van der Waals surface area contributed by atoms with Crippen LogP contribution < -0.4 is 10.9 Å². The number of fused-ring (bicyclic) bond motifs is 4. The highest BCUT2D eigenvalue weighted by atomic mass is 35.5. The summed E-state index contributed by atoms with van der Waals surface area (Å²) in [6, 6.07) is 13.1. The number of aromatic nitrogens is 7. The fraction of sp³-hybridized carbons (Fsp3) is 0.207. The molecule has 2 aliphatic heterocycles. The molecule has 2 aromatic carbocycles. The van der Waals surface area contributed by atoms with Crippen molar-refractivity contribution in [3.63, 3.8) is 0 Å². The third kappa shape index (κ3) is 3.72. The predicted molar refractivity (Wildman–Crippen MR) is 153 cm³/mol. The molecule has 0 saturated heterocycles. The summed E-state index contributed by atoms with van der Waals surface area (Å²) in [6.07, 6.45) is 6.30. The van der Waals surface area contributed by atoms with Crippen LogP contribution in [0.15, 0.2) is 71.9 Å². The van der Waals surface area contributed by atoms with Crippen LogP contribution in [0.1, 0.15) is 42.0 Å². The zero-order valence-electron chi connectivity index (χ0n) is 21.1. The van der Waals surface area contributed by atoms with Crippen molar-refractivity contribution >= 4 is 28.9 Å². The van der Waals surface area contributed by atoms with Crippen molar-refractivity contribution in [2.75, 3.05) is 5.32 Å². The Morgan fingerprint density at radius 3 is 2.83 bits per heavy atom. The number of halogens is 2. The smallest absolute Gasteiger partial charge is 0.254 e. The van der Waals surface area contributed by atoms with E-state index in [9.17, 15) is 4.79 Å². The van der Waals surface area contributed by atoms with Gasteiger partial charge in [0.2, 0.25) is 0 Å². The number of nitrogens with zero attached hydrogens (tertiary/aromatic N) is 6. The van der Waals surface area contributed by atoms with Crippen LogP contribution in [0.2, 0.25) is 10.2 Å². The second kappa shape index (κ2) is 8.64. The standard InChI is InChI=1S/C29H22Cl2N8O/c1-14-2-3-15-8-16(4-6-21(15)33-14)23-12-32-28(34-23)27-18-10-19(18)29-35-22(11-26(40)39(27)29)20-9-17(30)5-7-24(20)38-13-25(31)36-37-38/h4-9,11-13,18-19,27,33H,1-3,10H2,(H,32,34). The van der Waals surface area contributed by atoms with E-state index in [4.69, 9.17) is 33.2 Å². The number of anilines is 1. The number of nitrogens with one attached hydrogen (secondary N) is 2. The van der Waals surface area contributed by atoms with Crippen molar-refractivity contribution in [3.8, 4) is 28.2 Å². The Labute approximate surface area is 238 Å². The molecule has 0 bridgehead atoms. The fourth-order valence-electron chi connectivity index (χ4n) is 6.10. The number of H-pyrrole nitrogens is 1. The molecule has 198 valence electrons. The molecule has 5 heterocycles. The number of hydrogen-bond donors (Lipinski definition) is 2. The Bertz CT molecular complexity index is 1920. The number of hydrogen-bond acceptors (Lipinski definition) is 6. The lowest BCUT2D eigenvalue weighted by atomic mass is 9.98. The average molecular weight is 569 g/mol. The highest BCUT2D eigenvalue weighted by Gasteiger charge is 2.55. The fourth-order valence-corrected chi connectivity index (χ4v) is 6.40. The van der Waals surface area contributed by atoms with Crippen LogP contribution in [0.25, 0.3) is 28.2 Å². The zero-order valence-corrected chi connectivity index (χ0v) is 22.6. The van der Waals surface area contributed by atoms with Gasteiger partial charge in [-0.3, -0.25) is 9.36 Å². The number of aryl methyl sites for hydroxylation is 1. The highest BCUT2D eigenvalue weighted by molar-refractivity contribution is 6.31. The summed E-state index contributed by atoms with van der Waals surface area (Å²) in [4.78, 5) is 26.9. The topological polar surface area (TPSA) is 106 Å². The van der Waals surface area contributed by atoms with Gasteiger partial charge in [-0.05, 0) is 66.6 Å². The number of allylic oxidation sites excluding steroid dienone is 1. The monoisotopic (exact) mass is 568 g/mol. The van der Waals surface area contributed by atoms with E-state index in [1.165, 1.54) is 5.56 Å². The van der Waals surface area contributed by atoms with Crippen molar-refractivity contribution in [2.24, 2.45) is 5.92 Å². The molecule has 11 heteroatoms. The molecule has 1 fully saturated rings. The molecule has 3 atom stereocenters. The largest absolute Gasteiger partial charge is 0.359 e. The first-order chi connectivity index (χ1) is 19.4. The summed E-state index contributed by atoms with van der Waals surface area (Å²) >= 11 is 12.4. The molecule has 0 radical (unpaired) electrons. The zero-order chi connectivity index (χ0) is 27.1. The molecule has 0 spiro atoms. The lowest BCUT2D eigenvalue weighted by Gasteiger charge is -2.20. The van der Waals surface area contributed by atoms with Crippen LogP contribution in [0, 0.1) is 5.92 Å². The summed E-state index contributed by atoms with van der Waals surface area (Å²) in [5, 5.41) is 12.1. The second-order valence-electron chi connectivity index (χ2n) is 10.6. The summed E-state index contributed by atoms with van der Waals surface area (Å²) in [5.74, 6) is 2.04. The number of aromatic amines is 1. The second-order valence-corrected chi connectivity index (χ2v) is 11.4. The highest BCUT2D eigenvalue weighted by Crippen LogP contribution is 2.59. The molecule has 1 saturated carbocycles. The molecule has 9 nitrogen and oxygen atoms in total. The summed E-state index contributed by atoms with van der Waals surface area (Å²) in [5.41, 5.74) is 7.18. The maximum atomic E-state index is 13.6. The lowest BCUT2D eigenvalue weighted by molar-refractivity contribution is 0.510. The Balaban J connectivity index is 1.17. The van der Waals surface area contributed by atoms with Gasteiger partial charge in [0.1, 0.15) is 11.6 Å². The molecule has 1 aliphatic carbocycles. The van der Waals surface area contributed by atoms with E-state index >= 15 is 0 Å².